The first kappa shape index (κ1) is 7.14. The molecular formula is C5H7LiO. The van der Waals surface area contributed by atoms with Crippen molar-refractivity contribution in [3.63, 3.8) is 0 Å². The number of hydrogen-bond donors (Lipinski definition) is 0. The van der Waals surface area contributed by atoms with E-state index in [1.807, 2.05) is 6.92 Å². The summed E-state index contributed by atoms with van der Waals surface area (Å²) in [5.41, 5.74) is 1.23. The Morgan fingerprint density at radius 3 is 2.57 bits per heavy atom. The first-order valence-electron chi connectivity index (χ1n) is 2.10. The minimum atomic E-state index is 0. The quantitative estimate of drug-likeness (QED) is 0.250. The Balaban J connectivity index is 0.000000360. The van der Waals surface area contributed by atoms with Gasteiger partial charge < -0.3 is 11.0 Å². The van der Waals surface area contributed by atoms with Gasteiger partial charge in [-0.1, -0.05) is 6.92 Å². The van der Waals surface area contributed by atoms with E-state index >= 15 is 0 Å². The van der Waals surface area contributed by atoms with Crippen LogP contribution in [0, 0.1) is 6.26 Å². The van der Waals surface area contributed by atoms with E-state index in [1.165, 1.54) is 5.57 Å². The summed E-state index contributed by atoms with van der Waals surface area (Å²) in [6.45, 7) is 2.86. The van der Waals surface area contributed by atoms with Gasteiger partial charge in [0.2, 0.25) is 0 Å². The minimum absolute atomic E-state index is 0. The van der Waals surface area contributed by atoms with Crippen LogP contribution in [0.5, 0.6) is 0 Å². The Labute approximate surface area is 55.9 Å². The standard InChI is InChI=1S/C5H7O.Li/c1-5-2-3-6-4-5;/h2-3H2,1H3;/q-1;+1. The molecule has 0 spiro atoms. The molecule has 2 heteroatoms. The topological polar surface area (TPSA) is 9.23 Å². The van der Waals surface area contributed by atoms with Gasteiger partial charge in [0.05, 0.1) is 0 Å². The Morgan fingerprint density at radius 2 is 2.43 bits per heavy atom. The van der Waals surface area contributed by atoms with Gasteiger partial charge in [-0.2, -0.15) is 0 Å². The Bertz CT molecular complexity index is 78.1. The van der Waals surface area contributed by atoms with Crippen LogP contribution in [0.15, 0.2) is 5.57 Å². The fraction of sp³-hybridized carbons (Fsp3) is 0.600. The zero-order valence-electron chi connectivity index (χ0n) is 4.82. The molecule has 0 aromatic rings. The predicted molar refractivity (Wildman–Crippen MR) is 23.0 cm³/mol. The average Bonchev–Trinajstić information content (AvgIpc) is 1.86. The SMILES string of the molecule is CC1=[C-]OCC1.[Li+]. The second-order valence-corrected chi connectivity index (χ2v) is 1.48. The van der Waals surface area contributed by atoms with E-state index in [0.29, 0.717) is 0 Å². The summed E-state index contributed by atoms with van der Waals surface area (Å²) in [6, 6.07) is 0. The van der Waals surface area contributed by atoms with E-state index in [0.717, 1.165) is 13.0 Å². The maximum atomic E-state index is 4.77. The minimum Gasteiger partial charge on any atom is -0.693 e. The van der Waals surface area contributed by atoms with Gasteiger partial charge in [-0.15, -0.1) is 0 Å². The summed E-state index contributed by atoms with van der Waals surface area (Å²) in [5.74, 6) is 0. The molecule has 0 radical (unpaired) electrons. The molecule has 0 fully saturated rings. The van der Waals surface area contributed by atoms with Crippen molar-refractivity contribution in [3.05, 3.63) is 11.8 Å². The third-order valence-corrected chi connectivity index (χ3v) is 0.826. The van der Waals surface area contributed by atoms with Crippen LogP contribution in [-0.4, -0.2) is 6.61 Å². The van der Waals surface area contributed by atoms with E-state index < -0.39 is 0 Å². The molecule has 0 saturated carbocycles. The largest absolute Gasteiger partial charge is 1.00 e. The van der Waals surface area contributed by atoms with E-state index in [4.69, 9.17) is 4.74 Å². The van der Waals surface area contributed by atoms with Gasteiger partial charge in [-0.05, 0) is 6.42 Å². The first-order valence-corrected chi connectivity index (χ1v) is 2.10. The molecule has 0 aromatic heterocycles. The van der Waals surface area contributed by atoms with Crippen LogP contribution >= 0.6 is 0 Å². The normalized spacial score (nSPS) is 17.0. The maximum Gasteiger partial charge on any atom is 1.00 e. The Morgan fingerprint density at radius 1 is 1.71 bits per heavy atom. The van der Waals surface area contributed by atoms with Crippen molar-refractivity contribution in [2.75, 3.05) is 6.61 Å². The molecule has 1 aliphatic heterocycles. The van der Waals surface area contributed by atoms with Crippen molar-refractivity contribution in [2.24, 2.45) is 0 Å². The maximum absolute atomic E-state index is 4.77. The monoisotopic (exact) mass is 90.1 g/mol. The van der Waals surface area contributed by atoms with Crippen LogP contribution in [-0.2, 0) is 4.74 Å². The summed E-state index contributed by atoms with van der Waals surface area (Å²) in [6.07, 6.45) is 3.81. The van der Waals surface area contributed by atoms with Crippen LogP contribution in [0.25, 0.3) is 0 Å². The molecule has 34 valence electrons. The molecule has 0 N–H and O–H groups in total. The zero-order valence-corrected chi connectivity index (χ0v) is 4.82. The molecule has 7 heavy (non-hydrogen) atoms. The van der Waals surface area contributed by atoms with E-state index in [9.17, 15) is 0 Å². The van der Waals surface area contributed by atoms with Gasteiger partial charge in [0.15, 0.2) is 0 Å². The van der Waals surface area contributed by atoms with E-state index in [1.54, 1.807) is 0 Å². The van der Waals surface area contributed by atoms with Crippen LogP contribution in [0.3, 0.4) is 0 Å². The van der Waals surface area contributed by atoms with Crippen LogP contribution < -0.4 is 18.9 Å². The molecule has 1 heterocycles. The predicted octanol–water partition coefficient (Wildman–Crippen LogP) is -1.88. The fourth-order valence-corrected chi connectivity index (χ4v) is 0.429. The molecule has 0 aromatic carbocycles. The molecule has 0 bridgehead atoms. The summed E-state index contributed by atoms with van der Waals surface area (Å²) < 4.78 is 4.77. The molecule has 0 atom stereocenters. The Hall–Kier alpha value is 0.137. The third-order valence-electron chi connectivity index (χ3n) is 0.826. The van der Waals surface area contributed by atoms with Gasteiger partial charge in [0, 0.05) is 6.61 Å². The van der Waals surface area contributed by atoms with Gasteiger partial charge >= 0.3 is 18.9 Å². The molecule has 0 saturated heterocycles. The van der Waals surface area contributed by atoms with Crippen molar-refractivity contribution in [1.29, 1.82) is 0 Å². The van der Waals surface area contributed by atoms with Crippen molar-refractivity contribution >= 4 is 0 Å². The van der Waals surface area contributed by atoms with Crippen molar-refractivity contribution in [1.82, 2.24) is 0 Å². The van der Waals surface area contributed by atoms with Gasteiger partial charge in [0.1, 0.15) is 0 Å². The molecule has 0 aliphatic carbocycles. The van der Waals surface area contributed by atoms with Gasteiger partial charge in [-0.25, -0.2) is 5.57 Å². The van der Waals surface area contributed by atoms with Crippen LogP contribution in [0.4, 0.5) is 0 Å². The molecule has 1 nitrogen and oxygen atoms in total. The molecule has 0 amide bonds. The van der Waals surface area contributed by atoms with Gasteiger partial charge in [0.25, 0.3) is 0 Å². The van der Waals surface area contributed by atoms with Crippen molar-refractivity contribution in [2.45, 2.75) is 13.3 Å². The fourth-order valence-electron chi connectivity index (χ4n) is 0.429. The second-order valence-electron chi connectivity index (χ2n) is 1.48. The van der Waals surface area contributed by atoms with Crippen molar-refractivity contribution in [3.8, 4) is 0 Å². The number of hydrogen-bond acceptors (Lipinski definition) is 1. The van der Waals surface area contributed by atoms with Crippen LogP contribution in [0.2, 0.25) is 0 Å². The molecule has 1 aliphatic rings. The van der Waals surface area contributed by atoms with Crippen molar-refractivity contribution < 1.29 is 23.6 Å². The summed E-state index contributed by atoms with van der Waals surface area (Å²) in [4.78, 5) is 0. The second kappa shape index (κ2) is 3.18. The first-order chi connectivity index (χ1) is 2.89. The third kappa shape index (κ3) is 2.06. The summed E-state index contributed by atoms with van der Waals surface area (Å²) >= 11 is 0. The molecular weight excluding hydrogens is 83.0 g/mol. The zero-order chi connectivity index (χ0) is 4.41. The van der Waals surface area contributed by atoms with Gasteiger partial charge in [-0.3, -0.25) is 0 Å². The molecule has 0 unspecified atom stereocenters. The molecule has 1 rings (SSSR count). The van der Waals surface area contributed by atoms with E-state index in [-0.39, 0.29) is 18.9 Å². The smallest absolute Gasteiger partial charge is 0.693 e. The Kier molecular flexibility index (Phi) is 3.24. The van der Waals surface area contributed by atoms with E-state index in [2.05, 4.69) is 6.26 Å². The summed E-state index contributed by atoms with van der Waals surface area (Å²) in [7, 11) is 0. The number of rotatable bonds is 0. The summed E-state index contributed by atoms with van der Waals surface area (Å²) in [5, 5.41) is 0. The number of ether oxygens (including phenoxy) is 1. The van der Waals surface area contributed by atoms with Crippen LogP contribution in [0.1, 0.15) is 13.3 Å². The average molecular weight is 90.1 g/mol.